The maximum Gasteiger partial charge on any atom is 0.234 e. The van der Waals surface area contributed by atoms with Crippen molar-refractivity contribution in [3.8, 4) is 0 Å². The number of halogens is 3. The van der Waals surface area contributed by atoms with E-state index >= 15 is 0 Å². The maximum atomic E-state index is 13.1. The molecule has 0 aliphatic heterocycles. The van der Waals surface area contributed by atoms with Crippen molar-refractivity contribution in [1.82, 2.24) is 0 Å². The molecule has 0 bridgehead atoms. The molecule has 2 aromatic rings. The molecule has 0 radical (unpaired) electrons. The fraction of sp³-hybridized carbons (Fsp3) is 0.188. The molecule has 5 heteroatoms. The molecule has 0 aromatic heterocycles. The van der Waals surface area contributed by atoms with E-state index in [1.807, 2.05) is 0 Å². The van der Waals surface area contributed by atoms with E-state index in [9.17, 15) is 13.6 Å². The SMILES string of the molecule is CC(C)(C(=O)Nc1ccc(F)c(Cl)c1)c1ccc(F)cc1. The Morgan fingerprint density at radius 2 is 1.71 bits per heavy atom. The molecule has 0 aliphatic carbocycles. The lowest BCUT2D eigenvalue weighted by Gasteiger charge is -2.24. The molecule has 0 heterocycles. The Kier molecular flexibility index (Phi) is 4.28. The van der Waals surface area contributed by atoms with E-state index in [0.717, 1.165) is 0 Å². The summed E-state index contributed by atoms with van der Waals surface area (Å²) in [5.74, 6) is -1.20. The van der Waals surface area contributed by atoms with Crippen molar-refractivity contribution in [2.45, 2.75) is 19.3 Å². The number of anilines is 1. The molecule has 21 heavy (non-hydrogen) atoms. The number of carbonyl (C=O) groups excluding carboxylic acids is 1. The van der Waals surface area contributed by atoms with Crippen molar-refractivity contribution < 1.29 is 13.6 Å². The molecule has 0 fully saturated rings. The zero-order chi connectivity index (χ0) is 15.6. The Labute approximate surface area is 126 Å². The van der Waals surface area contributed by atoms with E-state index in [1.165, 1.54) is 30.3 Å². The highest BCUT2D eigenvalue weighted by molar-refractivity contribution is 6.31. The van der Waals surface area contributed by atoms with Crippen LogP contribution in [-0.4, -0.2) is 5.91 Å². The normalized spacial score (nSPS) is 11.3. The predicted octanol–water partition coefficient (Wildman–Crippen LogP) is 4.53. The van der Waals surface area contributed by atoms with Crippen LogP contribution in [0, 0.1) is 11.6 Å². The van der Waals surface area contributed by atoms with E-state index in [4.69, 9.17) is 11.6 Å². The average molecular weight is 310 g/mol. The molecule has 0 spiro atoms. The van der Waals surface area contributed by atoms with E-state index < -0.39 is 11.2 Å². The summed E-state index contributed by atoms with van der Waals surface area (Å²) in [4.78, 5) is 12.4. The second-order valence-electron chi connectivity index (χ2n) is 5.21. The first kappa shape index (κ1) is 15.4. The van der Waals surface area contributed by atoms with Crippen molar-refractivity contribution in [1.29, 1.82) is 0 Å². The summed E-state index contributed by atoms with van der Waals surface area (Å²) in [6.07, 6.45) is 0. The first-order chi connectivity index (χ1) is 9.80. The molecule has 0 atom stereocenters. The fourth-order valence-electron chi connectivity index (χ4n) is 1.86. The van der Waals surface area contributed by atoms with E-state index in [2.05, 4.69) is 5.32 Å². The molecule has 2 aromatic carbocycles. The lowest BCUT2D eigenvalue weighted by molar-refractivity contribution is -0.120. The molecule has 1 amide bonds. The number of rotatable bonds is 3. The van der Waals surface area contributed by atoms with Crippen LogP contribution in [0.2, 0.25) is 5.02 Å². The highest BCUT2D eigenvalue weighted by atomic mass is 35.5. The van der Waals surface area contributed by atoms with Gasteiger partial charge in [-0.25, -0.2) is 8.78 Å². The third kappa shape index (κ3) is 3.39. The minimum atomic E-state index is -0.867. The number of hydrogen-bond acceptors (Lipinski definition) is 1. The van der Waals surface area contributed by atoms with Crippen LogP contribution in [0.15, 0.2) is 42.5 Å². The quantitative estimate of drug-likeness (QED) is 0.886. The van der Waals surface area contributed by atoms with Crippen molar-refractivity contribution in [3.63, 3.8) is 0 Å². The van der Waals surface area contributed by atoms with E-state index in [1.54, 1.807) is 26.0 Å². The third-order valence-corrected chi connectivity index (χ3v) is 3.60. The molecule has 2 nitrogen and oxygen atoms in total. The van der Waals surface area contributed by atoms with E-state index in [0.29, 0.717) is 11.3 Å². The van der Waals surface area contributed by atoms with Gasteiger partial charge in [-0.3, -0.25) is 4.79 Å². The second-order valence-corrected chi connectivity index (χ2v) is 5.62. The summed E-state index contributed by atoms with van der Waals surface area (Å²) in [7, 11) is 0. The Balaban J connectivity index is 2.21. The molecule has 110 valence electrons. The zero-order valence-corrected chi connectivity index (χ0v) is 12.3. The topological polar surface area (TPSA) is 29.1 Å². The second kappa shape index (κ2) is 5.82. The Morgan fingerprint density at radius 1 is 1.10 bits per heavy atom. The zero-order valence-electron chi connectivity index (χ0n) is 11.6. The summed E-state index contributed by atoms with van der Waals surface area (Å²) < 4.78 is 26.0. The van der Waals surface area contributed by atoms with Crippen molar-refractivity contribution >= 4 is 23.2 Å². The molecule has 0 saturated heterocycles. The summed E-state index contributed by atoms with van der Waals surface area (Å²) in [5, 5.41) is 2.62. The van der Waals surface area contributed by atoms with Gasteiger partial charge in [-0.05, 0) is 49.7 Å². The predicted molar refractivity (Wildman–Crippen MR) is 79.5 cm³/mol. The van der Waals surface area contributed by atoms with Crippen molar-refractivity contribution in [2.24, 2.45) is 0 Å². The molecule has 2 rings (SSSR count). The van der Waals surface area contributed by atoms with Crippen LogP contribution < -0.4 is 5.32 Å². The Bertz CT molecular complexity index is 668. The molecule has 1 N–H and O–H groups in total. The average Bonchev–Trinajstić information content (AvgIpc) is 2.43. The summed E-state index contributed by atoms with van der Waals surface area (Å²) in [5.41, 5.74) is 0.213. The Hall–Kier alpha value is -1.94. The number of amides is 1. The fourth-order valence-corrected chi connectivity index (χ4v) is 2.04. The lowest BCUT2D eigenvalue weighted by Crippen LogP contribution is -2.34. The lowest BCUT2D eigenvalue weighted by atomic mass is 9.83. The van der Waals surface area contributed by atoms with Gasteiger partial charge in [0.15, 0.2) is 0 Å². The van der Waals surface area contributed by atoms with Crippen LogP contribution in [0.4, 0.5) is 14.5 Å². The Morgan fingerprint density at radius 3 is 2.29 bits per heavy atom. The molecule has 0 unspecified atom stereocenters. The van der Waals surface area contributed by atoms with Crippen LogP contribution in [0.5, 0.6) is 0 Å². The van der Waals surface area contributed by atoms with Crippen LogP contribution in [0.1, 0.15) is 19.4 Å². The number of nitrogens with one attached hydrogen (secondary N) is 1. The highest BCUT2D eigenvalue weighted by Crippen LogP contribution is 2.26. The first-order valence-corrected chi connectivity index (χ1v) is 6.71. The summed E-state index contributed by atoms with van der Waals surface area (Å²) >= 11 is 5.68. The van der Waals surface area contributed by atoms with Crippen LogP contribution in [0.25, 0.3) is 0 Å². The van der Waals surface area contributed by atoms with Crippen LogP contribution in [0.3, 0.4) is 0 Å². The molecular weight excluding hydrogens is 296 g/mol. The van der Waals surface area contributed by atoms with Crippen LogP contribution in [-0.2, 0) is 10.2 Å². The highest BCUT2D eigenvalue weighted by Gasteiger charge is 2.29. The number of benzene rings is 2. The number of carbonyl (C=O) groups is 1. The maximum absolute atomic E-state index is 13.1. The van der Waals surface area contributed by atoms with Gasteiger partial charge in [0.25, 0.3) is 0 Å². The minimum absolute atomic E-state index is 0.0626. The molecular formula is C16H14ClF2NO. The van der Waals surface area contributed by atoms with Crippen molar-refractivity contribution in [2.75, 3.05) is 5.32 Å². The largest absolute Gasteiger partial charge is 0.325 e. The van der Waals surface area contributed by atoms with Gasteiger partial charge in [0, 0.05) is 5.69 Å². The van der Waals surface area contributed by atoms with Gasteiger partial charge in [-0.2, -0.15) is 0 Å². The van der Waals surface area contributed by atoms with Gasteiger partial charge in [0.05, 0.1) is 10.4 Å². The van der Waals surface area contributed by atoms with E-state index in [-0.39, 0.29) is 16.7 Å². The van der Waals surface area contributed by atoms with Crippen LogP contribution >= 0.6 is 11.6 Å². The van der Waals surface area contributed by atoms with Gasteiger partial charge in [0.2, 0.25) is 5.91 Å². The minimum Gasteiger partial charge on any atom is -0.325 e. The smallest absolute Gasteiger partial charge is 0.234 e. The van der Waals surface area contributed by atoms with Gasteiger partial charge in [-0.15, -0.1) is 0 Å². The summed E-state index contributed by atoms with van der Waals surface area (Å²) in [6, 6.07) is 9.69. The van der Waals surface area contributed by atoms with Gasteiger partial charge >= 0.3 is 0 Å². The number of hydrogen-bond donors (Lipinski definition) is 1. The van der Waals surface area contributed by atoms with Gasteiger partial charge in [-0.1, -0.05) is 23.7 Å². The van der Waals surface area contributed by atoms with Gasteiger partial charge < -0.3 is 5.32 Å². The molecule has 0 saturated carbocycles. The van der Waals surface area contributed by atoms with Crippen molar-refractivity contribution in [3.05, 3.63) is 64.7 Å². The monoisotopic (exact) mass is 309 g/mol. The standard InChI is InChI=1S/C16H14ClF2NO/c1-16(2,10-3-5-11(18)6-4-10)15(21)20-12-7-8-14(19)13(17)9-12/h3-9H,1-2H3,(H,20,21). The van der Waals surface area contributed by atoms with Gasteiger partial charge in [0.1, 0.15) is 11.6 Å². The molecule has 0 aliphatic rings. The summed E-state index contributed by atoms with van der Waals surface area (Å²) in [6.45, 7) is 3.45. The third-order valence-electron chi connectivity index (χ3n) is 3.31. The first-order valence-electron chi connectivity index (χ1n) is 6.33.